The summed E-state index contributed by atoms with van der Waals surface area (Å²) in [4.78, 5) is 2.48. The largest absolute Gasteiger partial charge is 0.300 e. The van der Waals surface area contributed by atoms with Crippen molar-refractivity contribution in [2.45, 2.75) is 78.4 Å². The Morgan fingerprint density at radius 2 is 1.36 bits per heavy atom. The maximum Gasteiger partial charge on any atom is 0.0233 e. The van der Waals surface area contributed by atoms with E-state index >= 15 is 0 Å². The van der Waals surface area contributed by atoms with Gasteiger partial charge in [-0.3, -0.25) is 4.90 Å². The standard InChI is InChI=1S/C20H36NP/c1-9-21(10-2)15-17-12-11-13-18(14-17)16-22(19(3,4)5)20(6,7)8/h11-14H,9-10,15-16H2,1-8H3. The average molecular weight is 321 g/mol. The Kier molecular flexibility index (Phi) is 7.09. The number of hydrogen-bond acceptors (Lipinski definition) is 1. The highest BCUT2D eigenvalue weighted by Crippen LogP contribution is 2.61. The lowest BCUT2D eigenvalue weighted by atomic mass is 10.1. The van der Waals surface area contributed by atoms with Crippen molar-refractivity contribution in [1.29, 1.82) is 0 Å². The molecule has 1 rings (SSSR count). The lowest BCUT2D eigenvalue weighted by Crippen LogP contribution is -2.26. The van der Waals surface area contributed by atoms with Gasteiger partial charge in [0.15, 0.2) is 0 Å². The fraction of sp³-hybridized carbons (Fsp3) is 0.700. The predicted octanol–water partition coefficient (Wildman–Crippen LogP) is 6.11. The first-order valence-corrected chi connectivity index (χ1v) is 10.2. The van der Waals surface area contributed by atoms with Crippen LogP contribution in [0.5, 0.6) is 0 Å². The van der Waals surface area contributed by atoms with Crippen molar-refractivity contribution in [2.24, 2.45) is 0 Å². The molecule has 0 aliphatic heterocycles. The molecule has 0 fully saturated rings. The highest BCUT2D eigenvalue weighted by atomic mass is 31.1. The molecule has 2 heteroatoms. The summed E-state index contributed by atoms with van der Waals surface area (Å²) in [5.41, 5.74) is 2.97. The summed E-state index contributed by atoms with van der Waals surface area (Å²) in [5.74, 6) is 0. The van der Waals surface area contributed by atoms with Crippen LogP contribution in [0.1, 0.15) is 66.5 Å². The van der Waals surface area contributed by atoms with E-state index in [-0.39, 0.29) is 7.92 Å². The van der Waals surface area contributed by atoms with E-state index in [1.54, 1.807) is 0 Å². The Morgan fingerprint density at radius 1 is 0.864 bits per heavy atom. The molecule has 0 bridgehead atoms. The molecule has 1 aromatic carbocycles. The summed E-state index contributed by atoms with van der Waals surface area (Å²) in [7, 11) is -0.0726. The van der Waals surface area contributed by atoms with Crippen molar-refractivity contribution in [3.63, 3.8) is 0 Å². The van der Waals surface area contributed by atoms with Crippen molar-refractivity contribution < 1.29 is 0 Å². The van der Waals surface area contributed by atoms with Gasteiger partial charge in [-0.2, -0.15) is 0 Å². The normalized spacial score (nSPS) is 13.2. The smallest absolute Gasteiger partial charge is 0.0233 e. The van der Waals surface area contributed by atoms with Crippen molar-refractivity contribution in [3.05, 3.63) is 35.4 Å². The van der Waals surface area contributed by atoms with Crippen LogP contribution >= 0.6 is 7.92 Å². The summed E-state index contributed by atoms with van der Waals surface area (Å²) in [5, 5.41) is 0.783. The number of rotatable bonds is 6. The Hall–Kier alpha value is -0.390. The van der Waals surface area contributed by atoms with E-state index in [1.807, 2.05) is 0 Å². The van der Waals surface area contributed by atoms with Gasteiger partial charge in [-0.1, -0.05) is 87.6 Å². The fourth-order valence-corrected chi connectivity index (χ4v) is 6.72. The molecular formula is C20H36NP. The molecule has 0 heterocycles. The molecule has 0 saturated heterocycles. The second kappa shape index (κ2) is 7.93. The minimum absolute atomic E-state index is 0.0726. The topological polar surface area (TPSA) is 3.24 Å². The first-order valence-electron chi connectivity index (χ1n) is 8.65. The molecule has 1 aromatic rings. The Bertz CT molecular complexity index is 436. The van der Waals surface area contributed by atoms with E-state index in [0.29, 0.717) is 10.3 Å². The van der Waals surface area contributed by atoms with E-state index in [9.17, 15) is 0 Å². The maximum absolute atomic E-state index is 2.48. The van der Waals surface area contributed by atoms with Gasteiger partial charge in [0.2, 0.25) is 0 Å². The van der Waals surface area contributed by atoms with Crippen LogP contribution in [-0.2, 0) is 12.7 Å². The van der Waals surface area contributed by atoms with Crippen LogP contribution in [0.25, 0.3) is 0 Å². The van der Waals surface area contributed by atoms with Gasteiger partial charge in [0.05, 0.1) is 0 Å². The van der Waals surface area contributed by atoms with Gasteiger partial charge in [-0.25, -0.2) is 0 Å². The lowest BCUT2D eigenvalue weighted by Gasteiger charge is -2.41. The van der Waals surface area contributed by atoms with Gasteiger partial charge in [0, 0.05) is 6.54 Å². The van der Waals surface area contributed by atoms with E-state index in [0.717, 1.165) is 19.6 Å². The summed E-state index contributed by atoms with van der Waals surface area (Å²) in [6.45, 7) is 22.2. The van der Waals surface area contributed by atoms with Crippen LogP contribution in [0.4, 0.5) is 0 Å². The third-order valence-corrected chi connectivity index (χ3v) is 8.17. The predicted molar refractivity (Wildman–Crippen MR) is 103 cm³/mol. The van der Waals surface area contributed by atoms with Crippen molar-refractivity contribution >= 4 is 7.92 Å². The molecule has 126 valence electrons. The SMILES string of the molecule is CCN(CC)Cc1cccc(CP(C(C)(C)C)C(C)(C)C)c1. The van der Waals surface area contributed by atoms with Crippen molar-refractivity contribution in [3.8, 4) is 0 Å². The zero-order valence-corrected chi connectivity index (χ0v) is 16.9. The van der Waals surface area contributed by atoms with Crippen LogP contribution < -0.4 is 0 Å². The molecule has 22 heavy (non-hydrogen) atoms. The van der Waals surface area contributed by atoms with Gasteiger partial charge < -0.3 is 0 Å². The summed E-state index contributed by atoms with van der Waals surface area (Å²) in [6.07, 6.45) is 1.23. The second-order valence-electron chi connectivity index (χ2n) is 8.21. The molecule has 0 amide bonds. The van der Waals surface area contributed by atoms with Gasteiger partial charge in [-0.05, 0) is 40.7 Å². The number of hydrogen-bond donors (Lipinski definition) is 0. The van der Waals surface area contributed by atoms with E-state index in [1.165, 1.54) is 17.3 Å². The summed E-state index contributed by atoms with van der Waals surface area (Å²) >= 11 is 0. The average Bonchev–Trinajstić information content (AvgIpc) is 2.40. The van der Waals surface area contributed by atoms with Gasteiger partial charge in [0.1, 0.15) is 0 Å². The molecule has 0 spiro atoms. The molecule has 0 radical (unpaired) electrons. The molecule has 0 unspecified atom stereocenters. The van der Waals surface area contributed by atoms with Crippen LogP contribution in [0, 0.1) is 0 Å². The number of benzene rings is 1. The molecule has 0 aliphatic rings. The van der Waals surface area contributed by atoms with Crippen LogP contribution in [0.15, 0.2) is 24.3 Å². The van der Waals surface area contributed by atoms with Gasteiger partial charge in [-0.15, -0.1) is 0 Å². The quantitative estimate of drug-likeness (QED) is 0.572. The minimum Gasteiger partial charge on any atom is -0.300 e. The molecule has 0 aromatic heterocycles. The van der Waals surface area contributed by atoms with Crippen LogP contribution in [-0.4, -0.2) is 28.3 Å². The first kappa shape index (κ1) is 19.7. The van der Waals surface area contributed by atoms with E-state index < -0.39 is 0 Å². The summed E-state index contributed by atoms with van der Waals surface area (Å²) in [6, 6.07) is 9.27. The van der Waals surface area contributed by atoms with E-state index in [4.69, 9.17) is 0 Å². The second-order valence-corrected chi connectivity index (χ2v) is 12.1. The van der Waals surface area contributed by atoms with Crippen molar-refractivity contribution in [1.82, 2.24) is 4.90 Å². The minimum atomic E-state index is -0.0726. The Morgan fingerprint density at radius 3 is 1.82 bits per heavy atom. The van der Waals surface area contributed by atoms with E-state index in [2.05, 4.69) is 84.6 Å². The van der Waals surface area contributed by atoms with Crippen LogP contribution in [0.2, 0.25) is 0 Å². The third kappa shape index (κ3) is 6.01. The molecule has 0 aliphatic carbocycles. The third-order valence-electron chi connectivity index (χ3n) is 4.25. The zero-order valence-electron chi connectivity index (χ0n) is 16.0. The van der Waals surface area contributed by atoms with Gasteiger partial charge >= 0.3 is 0 Å². The first-order chi connectivity index (χ1) is 10.1. The zero-order chi connectivity index (χ0) is 17.0. The molecular weight excluding hydrogens is 285 g/mol. The van der Waals surface area contributed by atoms with Gasteiger partial charge in [0.25, 0.3) is 0 Å². The highest BCUT2D eigenvalue weighted by Gasteiger charge is 2.33. The maximum atomic E-state index is 2.48. The Balaban J connectivity index is 2.93. The Labute approximate surface area is 140 Å². The number of nitrogens with zero attached hydrogens (tertiary/aromatic N) is 1. The van der Waals surface area contributed by atoms with Crippen molar-refractivity contribution in [2.75, 3.05) is 13.1 Å². The fourth-order valence-electron chi connectivity index (χ4n) is 3.19. The van der Waals surface area contributed by atoms with Crippen LogP contribution in [0.3, 0.4) is 0 Å². The molecule has 1 nitrogen and oxygen atoms in total. The summed E-state index contributed by atoms with van der Waals surface area (Å²) < 4.78 is 0. The molecule has 0 saturated carbocycles. The highest BCUT2D eigenvalue weighted by molar-refractivity contribution is 7.60. The molecule has 0 atom stereocenters. The monoisotopic (exact) mass is 321 g/mol. The molecule has 0 N–H and O–H groups in total. The lowest BCUT2D eigenvalue weighted by molar-refractivity contribution is 0.296.